The molecule has 1 amide bonds. The Morgan fingerprint density at radius 3 is 2.64 bits per heavy atom. The van der Waals surface area contributed by atoms with E-state index in [0.717, 1.165) is 23.6 Å². The molecule has 0 unspecified atom stereocenters. The molecule has 1 atom stereocenters. The van der Waals surface area contributed by atoms with Gasteiger partial charge in [-0.2, -0.15) is 0 Å². The van der Waals surface area contributed by atoms with E-state index in [4.69, 9.17) is 4.74 Å². The van der Waals surface area contributed by atoms with E-state index in [1.165, 1.54) is 7.11 Å². The molecule has 1 saturated carbocycles. The first-order valence-corrected chi connectivity index (χ1v) is 7.55. The van der Waals surface area contributed by atoms with Gasteiger partial charge in [-0.1, -0.05) is 49.2 Å². The van der Waals surface area contributed by atoms with E-state index in [9.17, 15) is 9.59 Å². The fraction of sp³-hybridized carbons (Fsp3) is 0.333. The summed E-state index contributed by atoms with van der Waals surface area (Å²) in [6, 6.07) is 12.8. The van der Waals surface area contributed by atoms with Crippen molar-refractivity contribution in [3.63, 3.8) is 0 Å². The van der Waals surface area contributed by atoms with E-state index in [1.807, 2.05) is 36.4 Å². The smallest absolute Gasteiger partial charge is 0.328 e. The second kappa shape index (κ2) is 6.18. The summed E-state index contributed by atoms with van der Waals surface area (Å²) in [6.45, 7) is 0. The van der Waals surface area contributed by atoms with Crippen molar-refractivity contribution >= 4 is 22.6 Å². The number of carbonyl (C=O) groups is 2. The second-order valence-electron chi connectivity index (χ2n) is 5.75. The molecule has 0 bridgehead atoms. The average molecular weight is 297 g/mol. The van der Waals surface area contributed by atoms with Gasteiger partial charge in [-0.3, -0.25) is 4.79 Å². The number of esters is 1. The molecule has 0 saturated heterocycles. The van der Waals surface area contributed by atoms with Crippen LogP contribution in [0.5, 0.6) is 0 Å². The minimum Gasteiger partial charge on any atom is -0.467 e. The van der Waals surface area contributed by atoms with Gasteiger partial charge in [0.1, 0.15) is 6.04 Å². The number of methoxy groups -OCH3 is 1. The Bertz CT molecular complexity index is 701. The zero-order chi connectivity index (χ0) is 15.5. The van der Waals surface area contributed by atoms with Crippen LogP contribution in [0.4, 0.5) is 0 Å². The highest BCUT2D eigenvalue weighted by Crippen LogP contribution is 2.33. The number of amides is 1. The van der Waals surface area contributed by atoms with E-state index in [-0.39, 0.29) is 11.9 Å². The number of fused-ring (bicyclic) bond motifs is 1. The fourth-order valence-electron chi connectivity index (χ4n) is 2.70. The predicted octanol–water partition coefficient (Wildman–Crippen LogP) is 2.91. The maximum atomic E-state index is 12.6. The Balaban J connectivity index is 1.83. The molecule has 0 heterocycles. The standard InChI is InChI=1S/C18H19NO3/c1-22-18(21)16(11-12-9-10-12)19-17(20)15-8-4-6-13-5-2-3-7-14(13)15/h2-8,12,16H,9-11H2,1H3,(H,19,20)/t16-/m0/s1. The van der Waals surface area contributed by atoms with Gasteiger partial charge in [-0.05, 0) is 29.2 Å². The van der Waals surface area contributed by atoms with Crippen LogP contribution in [0, 0.1) is 5.92 Å². The summed E-state index contributed by atoms with van der Waals surface area (Å²) in [5.41, 5.74) is 0.586. The molecule has 0 aromatic heterocycles. The van der Waals surface area contributed by atoms with Gasteiger partial charge in [0, 0.05) is 5.56 Å². The van der Waals surface area contributed by atoms with E-state index in [0.29, 0.717) is 17.9 Å². The number of nitrogens with one attached hydrogen (secondary N) is 1. The monoisotopic (exact) mass is 297 g/mol. The molecular formula is C18H19NO3. The molecule has 1 fully saturated rings. The first kappa shape index (κ1) is 14.6. The topological polar surface area (TPSA) is 55.4 Å². The molecule has 22 heavy (non-hydrogen) atoms. The molecule has 0 spiro atoms. The predicted molar refractivity (Wildman–Crippen MR) is 84.6 cm³/mol. The summed E-state index contributed by atoms with van der Waals surface area (Å²) in [5.74, 6) is -0.0785. The lowest BCUT2D eigenvalue weighted by Gasteiger charge is -2.17. The van der Waals surface area contributed by atoms with Gasteiger partial charge >= 0.3 is 5.97 Å². The highest BCUT2D eigenvalue weighted by Gasteiger charge is 2.31. The molecule has 3 rings (SSSR count). The number of hydrogen-bond donors (Lipinski definition) is 1. The summed E-state index contributed by atoms with van der Waals surface area (Å²) >= 11 is 0. The third-order valence-electron chi connectivity index (χ3n) is 4.09. The minimum absolute atomic E-state index is 0.229. The summed E-state index contributed by atoms with van der Waals surface area (Å²) in [6.07, 6.45) is 2.90. The lowest BCUT2D eigenvalue weighted by Crippen LogP contribution is -2.41. The van der Waals surface area contributed by atoms with E-state index in [1.54, 1.807) is 6.07 Å². The molecule has 4 heteroatoms. The molecule has 4 nitrogen and oxygen atoms in total. The third-order valence-corrected chi connectivity index (χ3v) is 4.09. The highest BCUT2D eigenvalue weighted by atomic mass is 16.5. The summed E-state index contributed by atoms with van der Waals surface area (Å²) in [5, 5.41) is 4.73. The normalized spacial score (nSPS) is 15.3. The van der Waals surface area contributed by atoms with Crippen molar-refractivity contribution < 1.29 is 14.3 Å². The van der Waals surface area contributed by atoms with Gasteiger partial charge in [0.05, 0.1) is 7.11 Å². The first-order chi connectivity index (χ1) is 10.7. The molecule has 0 aliphatic heterocycles. The average Bonchev–Trinajstić information content (AvgIpc) is 3.37. The summed E-state index contributed by atoms with van der Waals surface area (Å²) < 4.78 is 4.81. The highest BCUT2D eigenvalue weighted by molar-refractivity contribution is 6.07. The van der Waals surface area contributed by atoms with Crippen molar-refractivity contribution in [2.45, 2.75) is 25.3 Å². The quantitative estimate of drug-likeness (QED) is 0.863. The van der Waals surface area contributed by atoms with E-state index < -0.39 is 6.04 Å². The maximum Gasteiger partial charge on any atom is 0.328 e. The molecule has 2 aromatic carbocycles. The van der Waals surface area contributed by atoms with Crippen LogP contribution in [0.3, 0.4) is 0 Å². The lowest BCUT2D eigenvalue weighted by atomic mass is 10.0. The van der Waals surface area contributed by atoms with Gasteiger partial charge < -0.3 is 10.1 Å². The number of ether oxygens (including phenoxy) is 1. The van der Waals surface area contributed by atoms with Crippen LogP contribution in [0.1, 0.15) is 29.6 Å². The van der Waals surface area contributed by atoms with Crippen LogP contribution in [0.25, 0.3) is 10.8 Å². The van der Waals surface area contributed by atoms with Gasteiger partial charge in [0.2, 0.25) is 0 Å². The van der Waals surface area contributed by atoms with Gasteiger partial charge in [0.15, 0.2) is 0 Å². The Labute approximate surface area is 129 Å². The molecule has 1 N–H and O–H groups in total. The van der Waals surface area contributed by atoms with E-state index in [2.05, 4.69) is 5.32 Å². The van der Waals surface area contributed by atoms with Crippen molar-refractivity contribution in [3.05, 3.63) is 48.0 Å². The third kappa shape index (κ3) is 3.11. The van der Waals surface area contributed by atoms with Crippen molar-refractivity contribution in [3.8, 4) is 0 Å². The van der Waals surface area contributed by atoms with Crippen LogP contribution in [-0.4, -0.2) is 25.0 Å². The van der Waals surface area contributed by atoms with Crippen molar-refractivity contribution in [1.29, 1.82) is 0 Å². The van der Waals surface area contributed by atoms with Gasteiger partial charge in [-0.15, -0.1) is 0 Å². The molecule has 0 radical (unpaired) electrons. The maximum absolute atomic E-state index is 12.6. The Morgan fingerprint density at radius 2 is 1.91 bits per heavy atom. The second-order valence-corrected chi connectivity index (χ2v) is 5.75. The molecule has 114 valence electrons. The Morgan fingerprint density at radius 1 is 1.18 bits per heavy atom. The Kier molecular flexibility index (Phi) is 4.09. The van der Waals surface area contributed by atoms with Gasteiger partial charge in [0.25, 0.3) is 5.91 Å². The van der Waals surface area contributed by atoms with Crippen molar-refractivity contribution in [1.82, 2.24) is 5.32 Å². The van der Waals surface area contributed by atoms with Crippen molar-refractivity contribution in [2.75, 3.05) is 7.11 Å². The zero-order valence-corrected chi connectivity index (χ0v) is 12.5. The largest absolute Gasteiger partial charge is 0.467 e. The zero-order valence-electron chi connectivity index (χ0n) is 12.5. The molecule has 1 aliphatic carbocycles. The molecule has 1 aliphatic rings. The SMILES string of the molecule is COC(=O)[C@H](CC1CC1)NC(=O)c1cccc2ccccc12. The van der Waals surface area contributed by atoms with Crippen LogP contribution in [-0.2, 0) is 9.53 Å². The van der Waals surface area contributed by atoms with Crippen LogP contribution >= 0.6 is 0 Å². The fourth-order valence-corrected chi connectivity index (χ4v) is 2.70. The first-order valence-electron chi connectivity index (χ1n) is 7.55. The molecular weight excluding hydrogens is 278 g/mol. The number of benzene rings is 2. The molecule has 2 aromatic rings. The Hall–Kier alpha value is -2.36. The summed E-state index contributed by atoms with van der Waals surface area (Å²) in [4.78, 5) is 24.4. The lowest BCUT2D eigenvalue weighted by molar-refractivity contribution is -0.143. The number of hydrogen-bond acceptors (Lipinski definition) is 3. The summed E-state index contributed by atoms with van der Waals surface area (Å²) in [7, 11) is 1.35. The number of carbonyl (C=O) groups excluding carboxylic acids is 2. The van der Waals surface area contributed by atoms with Crippen LogP contribution in [0.2, 0.25) is 0 Å². The number of rotatable bonds is 5. The van der Waals surface area contributed by atoms with Crippen LogP contribution in [0.15, 0.2) is 42.5 Å². The van der Waals surface area contributed by atoms with Gasteiger partial charge in [-0.25, -0.2) is 4.79 Å². The van der Waals surface area contributed by atoms with E-state index >= 15 is 0 Å². The van der Waals surface area contributed by atoms with Crippen molar-refractivity contribution in [2.24, 2.45) is 5.92 Å². The minimum atomic E-state index is -0.566. The van der Waals surface area contributed by atoms with Crippen LogP contribution < -0.4 is 5.32 Å².